The third-order valence-electron chi connectivity index (χ3n) is 4.01. The van der Waals surface area contributed by atoms with E-state index in [1.54, 1.807) is 37.3 Å². The molecule has 0 unspecified atom stereocenters. The second kappa shape index (κ2) is 9.31. The molecule has 1 heterocycles. The van der Waals surface area contributed by atoms with Crippen molar-refractivity contribution < 1.29 is 19.4 Å². The second-order valence-corrected chi connectivity index (χ2v) is 9.24. The van der Waals surface area contributed by atoms with Crippen LogP contribution >= 0.6 is 66.8 Å². The molecule has 2 amide bonds. The van der Waals surface area contributed by atoms with Gasteiger partial charge in [0.2, 0.25) is 0 Å². The van der Waals surface area contributed by atoms with E-state index in [9.17, 15) is 14.7 Å². The van der Waals surface area contributed by atoms with Crippen molar-refractivity contribution in [1.82, 2.24) is 4.90 Å². The number of hydrogen-bond donors (Lipinski definition) is 1. The highest BCUT2D eigenvalue weighted by molar-refractivity contribution is 9.13. The standard InChI is InChI=1S/C19H13Br2Cl2NO4S/c1-2-28-13-6-9(15(20)16(21)17(13)25)7-14-18(26)24(19(27)29-14)8-10-11(22)4-3-5-12(10)23/h3-7,25H,2,8H2,1H3/b14-7-. The fourth-order valence-electron chi connectivity index (χ4n) is 2.60. The summed E-state index contributed by atoms with van der Waals surface area (Å²) in [5.74, 6) is -0.252. The highest BCUT2D eigenvalue weighted by Gasteiger charge is 2.36. The third-order valence-corrected chi connectivity index (χ3v) is 7.79. The van der Waals surface area contributed by atoms with Crippen molar-refractivity contribution >= 4 is 84.0 Å². The second-order valence-electron chi connectivity index (χ2n) is 5.84. The van der Waals surface area contributed by atoms with E-state index in [4.69, 9.17) is 27.9 Å². The molecule has 1 saturated heterocycles. The van der Waals surface area contributed by atoms with Gasteiger partial charge in [-0.05, 0) is 80.4 Å². The van der Waals surface area contributed by atoms with Crippen LogP contribution in [0.1, 0.15) is 18.1 Å². The smallest absolute Gasteiger partial charge is 0.293 e. The summed E-state index contributed by atoms with van der Waals surface area (Å²) in [6.07, 6.45) is 1.57. The molecule has 3 rings (SSSR count). The van der Waals surface area contributed by atoms with Crippen LogP contribution in [0.15, 0.2) is 38.1 Å². The number of phenolic OH excluding ortho intramolecular Hbond substituents is 1. The Morgan fingerprint density at radius 1 is 1.21 bits per heavy atom. The monoisotopic (exact) mass is 579 g/mol. The van der Waals surface area contributed by atoms with Crippen LogP contribution < -0.4 is 4.74 Å². The lowest BCUT2D eigenvalue weighted by Crippen LogP contribution is -2.27. The third kappa shape index (κ3) is 4.61. The van der Waals surface area contributed by atoms with E-state index in [0.29, 0.717) is 36.7 Å². The molecule has 0 bridgehead atoms. The summed E-state index contributed by atoms with van der Waals surface area (Å²) in [6, 6.07) is 6.58. The summed E-state index contributed by atoms with van der Waals surface area (Å²) in [4.78, 5) is 26.6. The van der Waals surface area contributed by atoms with Gasteiger partial charge in [-0.2, -0.15) is 0 Å². The van der Waals surface area contributed by atoms with E-state index < -0.39 is 11.1 Å². The molecule has 0 aromatic heterocycles. The molecular weight excluding hydrogens is 569 g/mol. The van der Waals surface area contributed by atoms with Gasteiger partial charge in [0.05, 0.1) is 22.5 Å². The molecule has 2 aromatic rings. The molecular formula is C19H13Br2Cl2NO4S. The predicted octanol–water partition coefficient (Wildman–Crippen LogP) is 6.86. The van der Waals surface area contributed by atoms with Crippen LogP contribution in [0.3, 0.4) is 0 Å². The first-order valence-corrected chi connectivity index (χ1v) is 11.4. The van der Waals surface area contributed by atoms with Gasteiger partial charge < -0.3 is 9.84 Å². The minimum Gasteiger partial charge on any atom is -0.503 e. The van der Waals surface area contributed by atoms with Gasteiger partial charge in [-0.1, -0.05) is 29.3 Å². The largest absolute Gasteiger partial charge is 0.503 e. The molecule has 5 nitrogen and oxygen atoms in total. The number of thioether (sulfide) groups is 1. The van der Waals surface area contributed by atoms with Crippen LogP contribution in [-0.2, 0) is 11.3 Å². The highest BCUT2D eigenvalue weighted by Crippen LogP contribution is 2.44. The van der Waals surface area contributed by atoms with Crippen LogP contribution in [0.25, 0.3) is 6.08 Å². The van der Waals surface area contributed by atoms with Gasteiger partial charge in [0.25, 0.3) is 11.1 Å². The first kappa shape index (κ1) is 22.5. The summed E-state index contributed by atoms with van der Waals surface area (Å²) in [7, 11) is 0. The van der Waals surface area contributed by atoms with Gasteiger partial charge in [-0.3, -0.25) is 14.5 Å². The first-order valence-electron chi connectivity index (χ1n) is 8.26. The zero-order valence-electron chi connectivity index (χ0n) is 14.8. The van der Waals surface area contributed by atoms with Gasteiger partial charge in [-0.15, -0.1) is 0 Å². The average Bonchev–Trinajstić information content (AvgIpc) is 2.94. The van der Waals surface area contributed by atoms with Crippen LogP contribution in [0, 0.1) is 0 Å². The quantitative estimate of drug-likeness (QED) is 0.391. The van der Waals surface area contributed by atoms with Crippen molar-refractivity contribution in [2.24, 2.45) is 0 Å². The van der Waals surface area contributed by atoms with Crippen molar-refractivity contribution in [1.29, 1.82) is 0 Å². The van der Waals surface area contributed by atoms with Crippen LogP contribution in [0.2, 0.25) is 10.0 Å². The summed E-state index contributed by atoms with van der Waals surface area (Å²) >= 11 is 19.8. The van der Waals surface area contributed by atoms with Crippen molar-refractivity contribution in [3.8, 4) is 11.5 Å². The number of aromatic hydroxyl groups is 1. The predicted molar refractivity (Wildman–Crippen MR) is 123 cm³/mol. The Labute approximate surface area is 198 Å². The number of benzene rings is 2. The van der Waals surface area contributed by atoms with E-state index in [1.807, 2.05) is 0 Å². The fourth-order valence-corrected chi connectivity index (χ4v) is 4.79. The minimum atomic E-state index is -0.454. The highest BCUT2D eigenvalue weighted by atomic mass is 79.9. The topological polar surface area (TPSA) is 66.8 Å². The van der Waals surface area contributed by atoms with Crippen molar-refractivity contribution in [3.63, 3.8) is 0 Å². The number of nitrogens with zero attached hydrogens (tertiary/aromatic N) is 1. The van der Waals surface area contributed by atoms with Gasteiger partial charge in [0.1, 0.15) is 0 Å². The zero-order chi connectivity index (χ0) is 21.3. The molecule has 0 saturated carbocycles. The number of imide groups is 1. The van der Waals surface area contributed by atoms with Crippen LogP contribution in [0.5, 0.6) is 11.5 Å². The zero-order valence-corrected chi connectivity index (χ0v) is 20.3. The van der Waals surface area contributed by atoms with E-state index in [0.717, 1.165) is 16.7 Å². The lowest BCUT2D eigenvalue weighted by Gasteiger charge is -2.15. The lowest BCUT2D eigenvalue weighted by atomic mass is 10.1. The minimum absolute atomic E-state index is 0.0227. The molecule has 0 aliphatic carbocycles. The number of hydrogen-bond acceptors (Lipinski definition) is 5. The number of amides is 2. The van der Waals surface area contributed by atoms with Gasteiger partial charge in [0.15, 0.2) is 11.5 Å². The van der Waals surface area contributed by atoms with Crippen molar-refractivity contribution in [2.45, 2.75) is 13.5 Å². The summed E-state index contributed by atoms with van der Waals surface area (Å²) in [5.41, 5.74) is 1.07. The number of rotatable bonds is 5. The SMILES string of the molecule is CCOc1cc(/C=C2\SC(=O)N(Cc3c(Cl)cccc3Cl)C2=O)c(Br)c(Br)c1O. The Hall–Kier alpha value is -1.19. The number of carbonyl (C=O) groups excluding carboxylic acids is 2. The molecule has 0 spiro atoms. The van der Waals surface area contributed by atoms with Crippen molar-refractivity contribution in [2.75, 3.05) is 6.61 Å². The maximum absolute atomic E-state index is 12.8. The maximum atomic E-state index is 12.8. The molecule has 0 atom stereocenters. The van der Waals surface area contributed by atoms with Crippen LogP contribution in [0.4, 0.5) is 4.79 Å². The van der Waals surface area contributed by atoms with E-state index in [1.165, 1.54) is 0 Å². The molecule has 2 aromatic carbocycles. The van der Waals surface area contributed by atoms with Crippen LogP contribution in [-0.4, -0.2) is 27.8 Å². The van der Waals surface area contributed by atoms with Gasteiger partial charge in [0, 0.05) is 20.1 Å². The Kier molecular flexibility index (Phi) is 7.22. The molecule has 1 N–H and O–H groups in total. The maximum Gasteiger partial charge on any atom is 0.293 e. The Bertz CT molecular complexity index is 1030. The molecule has 1 fully saturated rings. The van der Waals surface area contributed by atoms with E-state index in [2.05, 4.69) is 31.9 Å². The summed E-state index contributed by atoms with van der Waals surface area (Å²) in [6.45, 7) is 2.13. The summed E-state index contributed by atoms with van der Waals surface area (Å²) < 4.78 is 6.34. The summed E-state index contributed by atoms with van der Waals surface area (Å²) in [5, 5.41) is 10.5. The molecule has 152 valence electrons. The number of halogens is 4. The molecule has 1 aliphatic rings. The van der Waals surface area contributed by atoms with E-state index >= 15 is 0 Å². The Morgan fingerprint density at radius 2 is 1.86 bits per heavy atom. The Balaban J connectivity index is 1.95. The number of phenols is 1. The average molecular weight is 582 g/mol. The molecule has 1 aliphatic heterocycles. The molecule has 10 heteroatoms. The van der Waals surface area contributed by atoms with Crippen molar-refractivity contribution in [3.05, 3.63) is 59.3 Å². The van der Waals surface area contributed by atoms with Gasteiger partial charge >= 0.3 is 0 Å². The van der Waals surface area contributed by atoms with Gasteiger partial charge in [-0.25, -0.2) is 0 Å². The first-order chi connectivity index (χ1) is 13.7. The molecule has 0 radical (unpaired) electrons. The fraction of sp³-hybridized carbons (Fsp3) is 0.158. The number of ether oxygens (including phenoxy) is 1. The Morgan fingerprint density at radius 3 is 2.48 bits per heavy atom. The molecule has 29 heavy (non-hydrogen) atoms. The lowest BCUT2D eigenvalue weighted by molar-refractivity contribution is -0.123. The number of carbonyl (C=O) groups is 2. The van der Waals surface area contributed by atoms with E-state index in [-0.39, 0.29) is 22.9 Å². The normalized spacial score (nSPS) is 15.5.